The minimum absolute atomic E-state index is 0.0654. The Bertz CT molecular complexity index is 922. The Morgan fingerprint density at radius 1 is 0.966 bits per heavy atom. The van der Waals surface area contributed by atoms with Crippen molar-refractivity contribution in [3.05, 3.63) is 71.5 Å². The van der Waals surface area contributed by atoms with Crippen LogP contribution < -0.4 is 5.32 Å². The molecule has 0 bridgehead atoms. The van der Waals surface area contributed by atoms with Crippen molar-refractivity contribution in [3.63, 3.8) is 0 Å². The maximum Gasteiger partial charge on any atom is 0.325 e. The third-order valence-electron chi connectivity index (χ3n) is 5.67. The average Bonchev–Trinajstić information content (AvgIpc) is 2.95. The average molecular weight is 395 g/mol. The number of carbonyl (C=O) groups excluding carboxylic acids is 3. The third kappa shape index (κ3) is 3.85. The number of hydrogen-bond acceptors (Lipinski definition) is 3. The topological polar surface area (TPSA) is 69.7 Å². The van der Waals surface area contributed by atoms with E-state index in [1.807, 2.05) is 30.3 Å². The van der Waals surface area contributed by atoms with Crippen LogP contribution in [0.25, 0.3) is 0 Å². The number of likely N-dealkylation sites (tertiary alicyclic amines) is 1. The lowest BCUT2D eigenvalue weighted by atomic mass is 9.87. The van der Waals surface area contributed by atoms with Crippen LogP contribution in [0.1, 0.15) is 24.0 Å². The summed E-state index contributed by atoms with van der Waals surface area (Å²) in [5, 5.41) is 2.86. The normalized spacial score (nSPS) is 18.2. The van der Waals surface area contributed by atoms with Gasteiger partial charge in [0.15, 0.2) is 0 Å². The summed E-state index contributed by atoms with van der Waals surface area (Å²) in [4.78, 5) is 40.9. The first-order chi connectivity index (χ1) is 14.0. The fourth-order valence-electron chi connectivity index (χ4n) is 3.95. The summed E-state index contributed by atoms with van der Waals surface area (Å²) in [6.07, 6.45) is 0.962. The summed E-state index contributed by atoms with van der Waals surface area (Å²) in [5.41, 5.74) is 0.703. The lowest BCUT2D eigenvalue weighted by Gasteiger charge is -2.37. The molecular formula is C22H22FN3O3. The van der Waals surface area contributed by atoms with E-state index in [-0.39, 0.29) is 36.6 Å². The van der Waals surface area contributed by atoms with E-state index in [2.05, 4.69) is 5.32 Å². The molecule has 0 radical (unpaired) electrons. The predicted molar refractivity (Wildman–Crippen MR) is 104 cm³/mol. The molecule has 29 heavy (non-hydrogen) atoms. The van der Waals surface area contributed by atoms with Gasteiger partial charge in [-0.05, 0) is 36.1 Å². The van der Waals surface area contributed by atoms with Crippen molar-refractivity contribution in [1.29, 1.82) is 0 Å². The molecule has 0 saturated carbocycles. The minimum atomic E-state index is -0.932. The Labute approximate surface area is 168 Å². The van der Waals surface area contributed by atoms with Crippen molar-refractivity contribution in [2.45, 2.75) is 31.3 Å². The number of carbonyl (C=O) groups is 3. The van der Waals surface area contributed by atoms with Crippen molar-refractivity contribution in [3.8, 4) is 0 Å². The van der Waals surface area contributed by atoms with Crippen LogP contribution in [0, 0.1) is 5.82 Å². The summed E-state index contributed by atoms with van der Waals surface area (Å²) in [6.45, 7) is 1.02. The van der Waals surface area contributed by atoms with E-state index < -0.39 is 5.54 Å². The number of rotatable bonds is 4. The van der Waals surface area contributed by atoms with Crippen molar-refractivity contribution in [1.82, 2.24) is 15.1 Å². The van der Waals surface area contributed by atoms with E-state index in [1.165, 1.54) is 17.0 Å². The standard InChI is InChI=1S/C22H22FN3O3/c23-18-8-6-16(7-9-18)14-19(27)25-12-10-22(11-13-25)20(28)26(21(29)24-22)15-17-4-2-1-3-5-17/h1-9H,10-15H2,(H,24,29). The number of urea groups is 1. The highest BCUT2D eigenvalue weighted by atomic mass is 19.1. The van der Waals surface area contributed by atoms with Gasteiger partial charge in [0, 0.05) is 13.1 Å². The van der Waals surface area contributed by atoms with Gasteiger partial charge in [-0.25, -0.2) is 9.18 Å². The molecule has 2 aromatic rings. The van der Waals surface area contributed by atoms with E-state index in [1.54, 1.807) is 17.0 Å². The van der Waals surface area contributed by atoms with Crippen LogP contribution in [-0.2, 0) is 22.6 Å². The Hall–Kier alpha value is -3.22. The summed E-state index contributed by atoms with van der Waals surface area (Å²) in [6, 6.07) is 14.9. The van der Waals surface area contributed by atoms with E-state index in [0.29, 0.717) is 25.9 Å². The molecule has 7 heteroatoms. The first-order valence-corrected chi connectivity index (χ1v) is 9.67. The molecule has 2 aromatic carbocycles. The molecule has 4 amide bonds. The van der Waals surface area contributed by atoms with Gasteiger partial charge in [-0.15, -0.1) is 0 Å². The zero-order valence-corrected chi connectivity index (χ0v) is 15.9. The molecule has 2 aliphatic rings. The van der Waals surface area contributed by atoms with Gasteiger partial charge in [-0.1, -0.05) is 42.5 Å². The number of nitrogens with zero attached hydrogens (tertiary/aromatic N) is 2. The van der Waals surface area contributed by atoms with Crippen molar-refractivity contribution in [2.24, 2.45) is 0 Å². The number of hydrogen-bond donors (Lipinski definition) is 1. The summed E-state index contributed by atoms with van der Waals surface area (Å²) in [7, 11) is 0. The number of nitrogens with one attached hydrogen (secondary N) is 1. The van der Waals surface area contributed by atoms with Gasteiger partial charge in [0.1, 0.15) is 11.4 Å². The number of amides is 4. The van der Waals surface area contributed by atoms with Crippen molar-refractivity contribution < 1.29 is 18.8 Å². The van der Waals surface area contributed by atoms with Gasteiger partial charge in [-0.2, -0.15) is 0 Å². The Kier molecular flexibility index (Phi) is 5.05. The zero-order valence-electron chi connectivity index (χ0n) is 15.9. The fourth-order valence-corrected chi connectivity index (χ4v) is 3.95. The molecule has 4 rings (SSSR count). The van der Waals surface area contributed by atoms with E-state index >= 15 is 0 Å². The zero-order chi connectivity index (χ0) is 20.4. The molecule has 0 atom stereocenters. The van der Waals surface area contributed by atoms with Crippen LogP contribution in [0.15, 0.2) is 54.6 Å². The second-order valence-electron chi connectivity index (χ2n) is 7.57. The number of imide groups is 1. The molecular weight excluding hydrogens is 373 g/mol. The van der Waals surface area contributed by atoms with Gasteiger partial charge in [0.2, 0.25) is 5.91 Å². The largest absolute Gasteiger partial charge is 0.342 e. The first-order valence-electron chi connectivity index (χ1n) is 9.67. The van der Waals surface area contributed by atoms with Crippen molar-refractivity contribution >= 4 is 17.8 Å². The van der Waals surface area contributed by atoms with Gasteiger partial charge < -0.3 is 10.2 Å². The van der Waals surface area contributed by atoms with Gasteiger partial charge in [0.05, 0.1) is 13.0 Å². The predicted octanol–water partition coefficient (Wildman–Crippen LogP) is 2.48. The van der Waals surface area contributed by atoms with Crippen LogP contribution in [0.5, 0.6) is 0 Å². The number of piperidine rings is 1. The molecule has 0 aliphatic carbocycles. The Morgan fingerprint density at radius 2 is 1.62 bits per heavy atom. The Morgan fingerprint density at radius 3 is 2.28 bits per heavy atom. The van der Waals surface area contributed by atoms with E-state index in [4.69, 9.17) is 0 Å². The molecule has 0 unspecified atom stereocenters. The monoisotopic (exact) mass is 395 g/mol. The Balaban J connectivity index is 1.38. The summed E-state index contributed by atoms with van der Waals surface area (Å²) in [5.74, 6) is -0.627. The second kappa shape index (κ2) is 7.66. The highest BCUT2D eigenvalue weighted by molar-refractivity contribution is 6.07. The van der Waals surface area contributed by atoms with Crippen LogP contribution in [0.4, 0.5) is 9.18 Å². The van der Waals surface area contributed by atoms with Gasteiger partial charge >= 0.3 is 6.03 Å². The van der Waals surface area contributed by atoms with Gasteiger partial charge in [0.25, 0.3) is 5.91 Å². The molecule has 2 heterocycles. The SMILES string of the molecule is O=C(Cc1ccc(F)cc1)N1CCC2(CC1)NC(=O)N(Cc1ccccc1)C2=O. The third-order valence-corrected chi connectivity index (χ3v) is 5.67. The van der Waals surface area contributed by atoms with Crippen molar-refractivity contribution in [2.75, 3.05) is 13.1 Å². The molecule has 2 saturated heterocycles. The molecule has 2 fully saturated rings. The van der Waals surface area contributed by atoms with Crippen LogP contribution in [0.3, 0.4) is 0 Å². The molecule has 1 spiro atoms. The molecule has 150 valence electrons. The lowest BCUT2D eigenvalue weighted by molar-refractivity contribution is -0.138. The van der Waals surface area contributed by atoms with E-state index in [0.717, 1.165) is 11.1 Å². The number of benzene rings is 2. The maximum absolute atomic E-state index is 13.0. The minimum Gasteiger partial charge on any atom is -0.342 e. The van der Waals surface area contributed by atoms with Crippen LogP contribution >= 0.6 is 0 Å². The molecule has 1 N–H and O–H groups in total. The summed E-state index contributed by atoms with van der Waals surface area (Å²) >= 11 is 0. The smallest absolute Gasteiger partial charge is 0.325 e. The first kappa shape index (κ1) is 19.1. The molecule has 0 aromatic heterocycles. The molecule has 2 aliphatic heterocycles. The fraction of sp³-hybridized carbons (Fsp3) is 0.318. The second-order valence-corrected chi connectivity index (χ2v) is 7.57. The van der Waals surface area contributed by atoms with Crippen LogP contribution in [-0.4, -0.2) is 46.3 Å². The quantitative estimate of drug-likeness (QED) is 0.809. The lowest BCUT2D eigenvalue weighted by Crippen LogP contribution is -2.56. The maximum atomic E-state index is 13.0. The highest BCUT2D eigenvalue weighted by Gasteiger charge is 2.52. The van der Waals surface area contributed by atoms with E-state index in [9.17, 15) is 18.8 Å². The van der Waals surface area contributed by atoms with Gasteiger partial charge in [-0.3, -0.25) is 14.5 Å². The van der Waals surface area contributed by atoms with Crippen LogP contribution in [0.2, 0.25) is 0 Å². The summed E-state index contributed by atoms with van der Waals surface area (Å²) < 4.78 is 13.0. The number of halogens is 1. The highest BCUT2D eigenvalue weighted by Crippen LogP contribution is 2.30. The molecule has 6 nitrogen and oxygen atoms in total.